The van der Waals surface area contributed by atoms with Gasteiger partial charge in [0.1, 0.15) is 149 Å². The Kier molecular flexibility index (Phi) is 47.4. The van der Waals surface area contributed by atoms with E-state index in [0.717, 1.165) is 79.8 Å². The molecule has 12 aromatic rings. The average Bonchev–Trinajstić information content (AvgIpc) is 0.835. The number of aryl methyl sites for hydroxylation is 13. The van der Waals surface area contributed by atoms with E-state index in [2.05, 4.69) is 66.9 Å². The number of rotatable bonds is 30. The highest BCUT2D eigenvalue weighted by atomic mass is 127. The van der Waals surface area contributed by atoms with E-state index in [1.54, 1.807) is 163 Å². The first-order valence-electron chi connectivity index (χ1n) is 44.7. The van der Waals surface area contributed by atoms with E-state index in [4.69, 9.17) is 68.4 Å². The van der Waals surface area contributed by atoms with Crippen LogP contribution in [0.3, 0.4) is 0 Å². The maximum absolute atomic E-state index is 14.0. The van der Waals surface area contributed by atoms with Gasteiger partial charge in [0, 0.05) is 66.7 Å². The second kappa shape index (κ2) is 58.5. The van der Waals surface area contributed by atoms with Crippen LogP contribution in [0.1, 0.15) is 147 Å². The summed E-state index contributed by atoms with van der Waals surface area (Å²) in [6.07, 6.45) is -0.766. The Hall–Kier alpha value is -13.9. The van der Waals surface area contributed by atoms with Crippen molar-refractivity contribution in [3.05, 3.63) is 348 Å². The number of carbonyl (C=O) groups is 6. The van der Waals surface area contributed by atoms with Gasteiger partial charge in [-0.25, -0.2) is 59.5 Å². The van der Waals surface area contributed by atoms with E-state index in [1.807, 2.05) is 60.6 Å². The summed E-state index contributed by atoms with van der Waals surface area (Å²) in [7, 11) is 7.33. The highest BCUT2D eigenvalue weighted by molar-refractivity contribution is 14.1. The Labute approximate surface area is 853 Å². The molecule has 12 rings (SSSR count). The van der Waals surface area contributed by atoms with E-state index < -0.39 is 48.6 Å². The van der Waals surface area contributed by atoms with Crippen LogP contribution in [0, 0.1) is 92.8 Å². The summed E-state index contributed by atoms with van der Waals surface area (Å²) in [4.78, 5) is 67.9. The molecule has 0 aromatic heterocycles. The summed E-state index contributed by atoms with van der Waals surface area (Å²) < 4.78 is 190. The molecule has 0 fully saturated rings. The Balaban J connectivity index is 0.000000233. The monoisotopic (exact) mass is 2180 g/mol. The summed E-state index contributed by atoms with van der Waals surface area (Å²) in [6, 6.07) is 50.5. The first-order chi connectivity index (χ1) is 68.3. The molecule has 0 aliphatic heterocycles. The molecule has 0 radical (unpaired) electrons. The number of halogens is 10. The molecule has 0 heterocycles. The number of carbonyl (C=O) groups excluding carboxylic acids is 6. The molecule has 0 bridgehead atoms. The van der Waals surface area contributed by atoms with E-state index in [0.29, 0.717) is 137 Å². The Morgan fingerprint density at radius 3 is 0.839 bits per heavy atom. The fourth-order valence-corrected chi connectivity index (χ4v) is 14.6. The molecule has 0 aliphatic carbocycles. The SMILES string of the molecule is CCc1cc(C)c(F)cc1OCc1c(Br)cccc1OC(=O)OC.CCc1cc(C)c(F)cc1OCc1c(C)cccc1OC(=O)OC.CCc1cc(C)c(F)cc1OCc1c(Cl)cccc1OC(=O)OC.CCc1cc(C)c(F)cc1OCc1c(F)cccc1OC(=O)OC.CCc1cc(C)c(F)cc1OCc1c(I)cccc1OC(=O)OC.CCc1cc(C)c(F)cc1OCc1ccccc1OC(=O)OC. The molecule has 0 aliphatic rings. The zero-order chi connectivity index (χ0) is 105. The van der Waals surface area contributed by atoms with E-state index in [9.17, 15) is 59.5 Å². The predicted octanol–water partition coefficient (Wildman–Crippen LogP) is 29.0. The number of ether oxygens (including phenoxy) is 18. The first kappa shape index (κ1) is 116. The molecule has 0 saturated carbocycles. The molecule has 34 heteroatoms. The molecule has 0 saturated heterocycles. The molecular weight excluding hydrogens is 2070 g/mol. The van der Waals surface area contributed by atoms with Crippen LogP contribution >= 0.6 is 50.1 Å². The minimum Gasteiger partial charge on any atom is -0.488 e. The summed E-state index contributed by atoms with van der Waals surface area (Å²) in [5.74, 6) is 1.76. The minimum absolute atomic E-state index is 0.00696. The molecule has 24 nitrogen and oxygen atoms in total. The van der Waals surface area contributed by atoms with Crippen LogP contribution in [0.15, 0.2) is 193 Å². The van der Waals surface area contributed by atoms with Crippen LogP contribution in [-0.4, -0.2) is 79.6 Å². The third-order valence-electron chi connectivity index (χ3n) is 21.4. The normalized spacial score (nSPS) is 10.4. The highest BCUT2D eigenvalue weighted by Crippen LogP contribution is 2.38. The number of hydrogen-bond donors (Lipinski definition) is 0. The molecule has 0 spiro atoms. The third kappa shape index (κ3) is 35.0. The van der Waals surface area contributed by atoms with Gasteiger partial charge >= 0.3 is 36.9 Å². The van der Waals surface area contributed by atoms with E-state index in [1.165, 1.54) is 90.1 Å². The average molecular weight is 2180 g/mol. The molecule has 143 heavy (non-hydrogen) atoms. The third-order valence-corrected chi connectivity index (χ3v) is 23.5. The lowest BCUT2D eigenvalue weighted by Crippen LogP contribution is -2.11. The van der Waals surface area contributed by atoms with Gasteiger partial charge in [0.15, 0.2) is 0 Å². The Morgan fingerprint density at radius 1 is 0.252 bits per heavy atom. The first-order valence-corrected chi connectivity index (χ1v) is 46.9. The zero-order valence-electron chi connectivity index (χ0n) is 82.5. The summed E-state index contributed by atoms with van der Waals surface area (Å²) in [5, 5.41) is 0.377. The van der Waals surface area contributed by atoms with Crippen molar-refractivity contribution in [3.8, 4) is 69.0 Å². The smallest absolute Gasteiger partial charge is 0.488 e. The van der Waals surface area contributed by atoms with Crippen LogP contribution in [0.4, 0.5) is 59.5 Å². The summed E-state index contributed by atoms with van der Waals surface area (Å²) >= 11 is 11.7. The summed E-state index contributed by atoms with van der Waals surface area (Å²) in [6.45, 7) is 24.3. The lowest BCUT2D eigenvalue weighted by Gasteiger charge is -2.15. The van der Waals surface area contributed by atoms with Crippen molar-refractivity contribution in [3.63, 3.8) is 0 Å². The largest absolute Gasteiger partial charge is 0.513 e. The molecular formula is C109H112BrClF7IO24. The quantitative estimate of drug-likeness (QED) is 0.0133. The fraction of sp³-hybridized carbons (Fsp3) is 0.284. The molecule has 12 aromatic carbocycles. The van der Waals surface area contributed by atoms with E-state index in [-0.39, 0.29) is 85.8 Å². The number of methoxy groups -OCH3 is 6. The lowest BCUT2D eigenvalue weighted by atomic mass is 10.1. The van der Waals surface area contributed by atoms with Crippen molar-refractivity contribution in [2.75, 3.05) is 42.7 Å². The van der Waals surface area contributed by atoms with Gasteiger partial charge in [-0.2, -0.15) is 0 Å². The van der Waals surface area contributed by atoms with Crippen molar-refractivity contribution in [2.45, 2.75) is 168 Å². The standard InChI is InChI=1S/C19H21FO4.C18H18BrFO4.C18H18ClFO4.C18H18F2O4.C18H18FIO4.C18H19FO4/c1-5-14-9-13(3)16(20)10-18(14)23-11-15-12(2)7-6-8-17(15)24-19(21)22-4;3*1-4-12-8-11(2)15(20)9-17(12)23-10-13-14(19)6-5-7-16(13)24-18(21)22-3;1-4-12-8-11(2)14(19)9-17(12)23-10-13-15(20)6-5-7-16(13)24-18(21)22-3;1-4-13-9-12(2)15(19)10-17(13)22-11-14-7-5-6-8-16(14)23-18(20)21-3/h6-10H,5,11H2,1-4H3;4*5-9H,4,10H2,1-3H3;5-10H,4,11H2,1-3H3. The van der Waals surface area contributed by atoms with E-state index >= 15 is 0 Å². The molecule has 0 N–H and O–H groups in total. The lowest BCUT2D eigenvalue weighted by molar-refractivity contribution is 0.119. The maximum Gasteiger partial charge on any atom is 0.513 e. The zero-order valence-corrected chi connectivity index (χ0v) is 87.0. The van der Waals surface area contributed by atoms with Crippen molar-refractivity contribution < 1.29 is 145 Å². The van der Waals surface area contributed by atoms with Gasteiger partial charge in [-0.05, 0) is 279 Å². The number of hydrogen-bond acceptors (Lipinski definition) is 24. The van der Waals surface area contributed by atoms with Crippen LogP contribution in [-0.2, 0) is 107 Å². The van der Waals surface area contributed by atoms with Gasteiger partial charge in [-0.15, -0.1) is 0 Å². The van der Waals surface area contributed by atoms with Gasteiger partial charge in [-0.1, -0.05) is 124 Å². The van der Waals surface area contributed by atoms with Crippen molar-refractivity contribution >= 4 is 87.1 Å². The maximum atomic E-state index is 14.0. The van der Waals surface area contributed by atoms with Gasteiger partial charge in [-0.3, -0.25) is 0 Å². The number of para-hydroxylation sites is 1. The molecule has 0 atom stereocenters. The Morgan fingerprint density at radius 2 is 0.497 bits per heavy atom. The number of benzene rings is 12. The molecule has 0 unspecified atom stereocenters. The fourth-order valence-electron chi connectivity index (χ4n) is 13.3. The van der Waals surface area contributed by atoms with Gasteiger partial charge in [0.2, 0.25) is 0 Å². The van der Waals surface area contributed by atoms with Crippen molar-refractivity contribution in [1.82, 2.24) is 0 Å². The van der Waals surface area contributed by atoms with Gasteiger partial charge < -0.3 is 85.3 Å². The predicted molar refractivity (Wildman–Crippen MR) is 536 cm³/mol. The molecule has 0 amide bonds. The van der Waals surface area contributed by atoms with Crippen molar-refractivity contribution in [2.24, 2.45) is 0 Å². The Bertz CT molecular complexity index is 5650. The highest BCUT2D eigenvalue weighted by Gasteiger charge is 2.24. The van der Waals surface area contributed by atoms with Gasteiger partial charge in [0.05, 0.1) is 58.8 Å². The van der Waals surface area contributed by atoms with Crippen LogP contribution in [0.25, 0.3) is 0 Å². The minimum atomic E-state index is -0.961. The second-order valence-electron chi connectivity index (χ2n) is 31.0. The van der Waals surface area contributed by atoms with Crippen LogP contribution < -0.4 is 56.8 Å². The summed E-state index contributed by atoms with van der Waals surface area (Å²) in [5.41, 5.74) is 12.9. The second-order valence-corrected chi connectivity index (χ2v) is 33.4. The van der Waals surface area contributed by atoms with Crippen LogP contribution in [0.2, 0.25) is 5.02 Å². The topological polar surface area (TPSA) is 269 Å². The van der Waals surface area contributed by atoms with Gasteiger partial charge in [0.25, 0.3) is 0 Å². The van der Waals surface area contributed by atoms with Crippen molar-refractivity contribution in [1.29, 1.82) is 0 Å². The molecule has 762 valence electrons. The van der Waals surface area contributed by atoms with Crippen LogP contribution in [0.5, 0.6) is 69.0 Å².